The topological polar surface area (TPSA) is 54.7 Å². The predicted octanol–water partition coefficient (Wildman–Crippen LogP) is 3.11. The molecule has 5 heteroatoms. The molecule has 1 aromatic rings. The molecule has 2 amide bonds. The average Bonchev–Trinajstić information content (AvgIpc) is 3.12. The van der Waals surface area contributed by atoms with Gasteiger partial charge in [0.05, 0.1) is 6.04 Å². The van der Waals surface area contributed by atoms with Crippen molar-refractivity contribution in [2.75, 3.05) is 20.3 Å². The monoisotopic (exact) mass is 294 g/mol. The maximum absolute atomic E-state index is 12.4. The summed E-state index contributed by atoms with van der Waals surface area (Å²) in [6.45, 7) is 5.52. The molecular weight excluding hydrogens is 268 g/mol. The fraction of sp³-hybridized carbons (Fsp3) is 0.688. The highest BCUT2D eigenvalue weighted by molar-refractivity contribution is 5.75. The molecule has 1 fully saturated rings. The summed E-state index contributed by atoms with van der Waals surface area (Å²) in [6, 6.07) is 4.19. The average molecular weight is 294 g/mol. The van der Waals surface area contributed by atoms with E-state index in [-0.39, 0.29) is 18.1 Å². The largest absolute Gasteiger partial charge is 0.464 e. The Bertz CT molecular complexity index is 458. The fourth-order valence-electron chi connectivity index (χ4n) is 2.73. The summed E-state index contributed by atoms with van der Waals surface area (Å²) >= 11 is 0. The quantitative estimate of drug-likeness (QED) is 0.877. The third kappa shape index (κ3) is 4.00. The molecule has 2 rings (SSSR count). The number of likely N-dealkylation sites (tertiary alicyclic amines) is 1. The van der Waals surface area contributed by atoms with Crippen molar-refractivity contribution in [3.05, 3.63) is 23.7 Å². The van der Waals surface area contributed by atoms with Gasteiger partial charge in [0.25, 0.3) is 0 Å². The number of hydrogen-bond acceptors (Lipinski definition) is 3. The van der Waals surface area contributed by atoms with E-state index in [2.05, 4.69) is 12.2 Å². The Kier molecular flexibility index (Phi) is 5.67. The van der Waals surface area contributed by atoms with Gasteiger partial charge in [-0.15, -0.1) is 0 Å². The Morgan fingerprint density at radius 2 is 2.38 bits per heavy atom. The van der Waals surface area contributed by atoms with Crippen LogP contribution in [0, 0.1) is 0 Å². The van der Waals surface area contributed by atoms with Crippen LogP contribution in [0.2, 0.25) is 0 Å². The number of carbonyl (C=O) groups excluding carboxylic acids is 1. The molecule has 5 nitrogen and oxygen atoms in total. The van der Waals surface area contributed by atoms with Crippen LogP contribution in [0.5, 0.6) is 0 Å². The number of carbonyl (C=O) groups is 1. The molecule has 1 aromatic heterocycles. The van der Waals surface area contributed by atoms with Crippen molar-refractivity contribution >= 4 is 6.03 Å². The number of urea groups is 1. The molecule has 0 radical (unpaired) electrons. The normalized spacial score (nSPS) is 19.8. The van der Waals surface area contributed by atoms with Crippen LogP contribution in [0.25, 0.3) is 0 Å². The van der Waals surface area contributed by atoms with Crippen LogP contribution < -0.4 is 5.32 Å². The number of nitrogens with one attached hydrogen (secondary N) is 1. The first-order chi connectivity index (χ1) is 10.2. The summed E-state index contributed by atoms with van der Waals surface area (Å²) in [5, 5.41) is 3.04. The van der Waals surface area contributed by atoms with Gasteiger partial charge in [0.15, 0.2) is 0 Å². The molecule has 2 atom stereocenters. The Morgan fingerprint density at radius 1 is 1.57 bits per heavy atom. The number of hydrogen-bond donors (Lipinski definition) is 1. The van der Waals surface area contributed by atoms with Gasteiger partial charge in [0.1, 0.15) is 11.5 Å². The summed E-state index contributed by atoms with van der Waals surface area (Å²) in [4.78, 5) is 14.3. The van der Waals surface area contributed by atoms with Crippen molar-refractivity contribution in [3.8, 4) is 0 Å². The standard InChI is InChI=1S/C16H26N2O3/c1-4-13-7-8-15(21-13)14-6-5-10-18(14)16(19)17-12(2)9-11-20-3/h7-8,12,14H,4-6,9-11H2,1-3H3,(H,17,19). The van der Waals surface area contributed by atoms with E-state index in [4.69, 9.17) is 9.15 Å². The Hall–Kier alpha value is -1.49. The lowest BCUT2D eigenvalue weighted by Gasteiger charge is -2.25. The third-order valence-electron chi connectivity index (χ3n) is 4.00. The second kappa shape index (κ2) is 7.50. The van der Waals surface area contributed by atoms with Gasteiger partial charge >= 0.3 is 6.03 Å². The van der Waals surface area contributed by atoms with Crippen molar-refractivity contribution < 1.29 is 13.9 Å². The molecular formula is C16H26N2O3. The van der Waals surface area contributed by atoms with Gasteiger partial charge < -0.3 is 19.4 Å². The van der Waals surface area contributed by atoms with Crippen molar-refractivity contribution in [1.29, 1.82) is 0 Å². The highest BCUT2D eigenvalue weighted by Crippen LogP contribution is 2.33. The fourth-order valence-corrected chi connectivity index (χ4v) is 2.73. The summed E-state index contributed by atoms with van der Waals surface area (Å²) in [7, 11) is 1.67. The minimum atomic E-state index is -0.00412. The molecule has 0 saturated carbocycles. The van der Waals surface area contributed by atoms with Crippen molar-refractivity contribution in [2.45, 2.75) is 51.6 Å². The van der Waals surface area contributed by atoms with Gasteiger partial charge in [0, 0.05) is 32.7 Å². The second-order valence-electron chi connectivity index (χ2n) is 5.64. The molecule has 1 aliphatic rings. The second-order valence-corrected chi connectivity index (χ2v) is 5.64. The lowest BCUT2D eigenvalue weighted by atomic mass is 10.2. The van der Waals surface area contributed by atoms with Gasteiger partial charge in [-0.2, -0.15) is 0 Å². The van der Waals surface area contributed by atoms with E-state index in [1.807, 2.05) is 24.0 Å². The lowest BCUT2D eigenvalue weighted by Crippen LogP contribution is -2.43. The lowest BCUT2D eigenvalue weighted by molar-refractivity contribution is 0.169. The van der Waals surface area contributed by atoms with Crippen molar-refractivity contribution in [2.24, 2.45) is 0 Å². The molecule has 2 heterocycles. The minimum Gasteiger partial charge on any atom is -0.464 e. The van der Waals surface area contributed by atoms with Crippen LogP contribution >= 0.6 is 0 Å². The molecule has 0 spiro atoms. The summed E-state index contributed by atoms with van der Waals surface area (Å²) in [6.07, 6.45) is 3.69. The number of rotatable bonds is 6. The summed E-state index contributed by atoms with van der Waals surface area (Å²) < 4.78 is 10.9. The zero-order valence-electron chi connectivity index (χ0n) is 13.2. The molecule has 0 aliphatic carbocycles. The Morgan fingerprint density at radius 3 is 3.05 bits per heavy atom. The van der Waals surface area contributed by atoms with Gasteiger partial charge in [0.2, 0.25) is 0 Å². The van der Waals surface area contributed by atoms with Gasteiger partial charge in [-0.25, -0.2) is 4.79 Å². The third-order valence-corrected chi connectivity index (χ3v) is 4.00. The first-order valence-electron chi connectivity index (χ1n) is 7.80. The zero-order chi connectivity index (χ0) is 15.2. The van der Waals surface area contributed by atoms with Crippen LogP contribution in [-0.4, -0.2) is 37.2 Å². The SMILES string of the molecule is CCc1ccc(C2CCCN2C(=O)NC(C)CCOC)o1. The number of nitrogens with zero attached hydrogens (tertiary/aromatic N) is 1. The summed E-state index contributed by atoms with van der Waals surface area (Å²) in [5.41, 5.74) is 0. The Labute approximate surface area is 126 Å². The van der Waals surface area contributed by atoms with Crippen LogP contribution in [0.3, 0.4) is 0 Å². The smallest absolute Gasteiger partial charge is 0.318 e. The van der Waals surface area contributed by atoms with E-state index in [0.717, 1.165) is 43.7 Å². The molecule has 2 unspecified atom stereocenters. The van der Waals surface area contributed by atoms with Crippen molar-refractivity contribution in [1.82, 2.24) is 10.2 Å². The van der Waals surface area contributed by atoms with Crippen LogP contribution in [-0.2, 0) is 11.2 Å². The molecule has 1 saturated heterocycles. The molecule has 1 aliphatic heterocycles. The van der Waals surface area contributed by atoms with E-state index < -0.39 is 0 Å². The van der Waals surface area contributed by atoms with E-state index in [1.165, 1.54) is 0 Å². The van der Waals surface area contributed by atoms with Crippen LogP contribution in [0.1, 0.15) is 50.7 Å². The van der Waals surface area contributed by atoms with Crippen molar-refractivity contribution in [3.63, 3.8) is 0 Å². The molecule has 21 heavy (non-hydrogen) atoms. The zero-order valence-corrected chi connectivity index (χ0v) is 13.2. The van der Waals surface area contributed by atoms with E-state index in [0.29, 0.717) is 6.61 Å². The first-order valence-corrected chi connectivity index (χ1v) is 7.80. The van der Waals surface area contributed by atoms with Gasteiger partial charge in [-0.3, -0.25) is 0 Å². The van der Waals surface area contributed by atoms with E-state index in [1.54, 1.807) is 7.11 Å². The highest BCUT2D eigenvalue weighted by atomic mass is 16.5. The van der Waals surface area contributed by atoms with Crippen LogP contribution in [0.15, 0.2) is 16.5 Å². The van der Waals surface area contributed by atoms with Gasteiger partial charge in [-0.05, 0) is 38.3 Å². The predicted molar refractivity (Wildman–Crippen MR) is 81.3 cm³/mol. The number of methoxy groups -OCH3 is 1. The van der Waals surface area contributed by atoms with E-state index >= 15 is 0 Å². The minimum absolute atomic E-state index is 0.00412. The molecule has 118 valence electrons. The van der Waals surface area contributed by atoms with Gasteiger partial charge in [-0.1, -0.05) is 6.92 Å². The number of amides is 2. The maximum atomic E-state index is 12.4. The number of ether oxygens (including phenoxy) is 1. The number of furan rings is 1. The highest BCUT2D eigenvalue weighted by Gasteiger charge is 2.32. The molecule has 1 N–H and O–H groups in total. The maximum Gasteiger partial charge on any atom is 0.318 e. The van der Waals surface area contributed by atoms with E-state index in [9.17, 15) is 4.79 Å². The Balaban J connectivity index is 1.96. The first kappa shape index (κ1) is 15.9. The molecule has 0 aromatic carbocycles. The summed E-state index contributed by atoms with van der Waals surface area (Å²) in [5.74, 6) is 1.88. The number of aryl methyl sites for hydroxylation is 1. The van der Waals surface area contributed by atoms with Crippen LogP contribution in [0.4, 0.5) is 4.79 Å². The molecule has 0 bridgehead atoms.